The molecule has 1 fully saturated rings. The quantitative estimate of drug-likeness (QED) is 0.859. The highest BCUT2D eigenvalue weighted by atomic mass is 16.5. The van der Waals surface area contributed by atoms with Crippen LogP contribution in [0.25, 0.3) is 10.9 Å². The third-order valence-electron chi connectivity index (χ3n) is 3.68. The highest BCUT2D eigenvalue weighted by Crippen LogP contribution is 2.25. The molecule has 0 bridgehead atoms. The van der Waals surface area contributed by atoms with Crippen LogP contribution >= 0.6 is 0 Å². The second-order valence-corrected chi connectivity index (χ2v) is 5.02. The SMILES string of the molecule is CCOc1ccc2[nH+]c(N3CCCC3)c(C#N)cc2c1. The summed E-state index contributed by atoms with van der Waals surface area (Å²) in [6.45, 7) is 4.65. The van der Waals surface area contributed by atoms with Gasteiger partial charge in [0, 0.05) is 5.39 Å². The molecule has 1 aromatic carbocycles. The second kappa shape index (κ2) is 5.38. The summed E-state index contributed by atoms with van der Waals surface area (Å²) in [4.78, 5) is 5.66. The van der Waals surface area contributed by atoms with Gasteiger partial charge in [-0.25, -0.2) is 4.98 Å². The normalized spacial score (nSPS) is 14.5. The lowest BCUT2D eigenvalue weighted by atomic mass is 10.1. The van der Waals surface area contributed by atoms with Crippen molar-refractivity contribution in [2.45, 2.75) is 19.8 Å². The number of pyridine rings is 1. The van der Waals surface area contributed by atoms with Gasteiger partial charge in [-0.3, -0.25) is 4.90 Å². The lowest BCUT2D eigenvalue weighted by Crippen LogP contribution is -2.27. The number of nitrogens with one attached hydrogen (secondary N) is 1. The topological polar surface area (TPSA) is 50.4 Å². The minimum absolute atomic E-state index is 0.645. The van der Waals surface area contributed by atoms with Crippen LogP contribution in [0.4, 0.5) is 5.82 Å². The standard InChI is InChI=1S/C16H17N3O/c1-2-20-14-5-6-15-12(10-14)9-13(11-17)16(18-15)19-7-3-4-8-19/h5-6,9-10H,2-4,7-8H2,1H3/p+1. The van der Waals surface area contributed by atoms with E-state index in [0.717, 1.165) is 35.6 Å². The highest BCUT2D eigenvalue weighted by molar-refractivity contribution is 5.80. The zero-order chi connectivity index (χ0) is 13.9. The van der Waals surface area contributed by atoms with Gasteiger partial charge in [-0.1, -0.05) is 0 Å². The van der Waals surface area contributed by atoms with Crippen molar-refractivity contribution < 1.29 is 9.72 Å². The molecule has 4 heteroatoms. The monoisotopic (exact) mass is 268 g/mol. The van der Waals surface area contributed by atoms with Gasteiger partial charge < -0.3 is 4.74 Å². The van der Waals surface area contributed by atoms with Gasteiger partial charge in [0.15, 0.2) is 0 Å². The number of nitrogens with zero attached hydrogens (tertiary/aromatic N) is 2. The molecule has 102 valence electrons. The lowest BCUT2D eigenvalue weighted by molar-refractivity contribution is -0.330. The fourth-order valence-electron chi connectivity index (χ4n) is 2.72. The number of anilines is 1. The number of rotatable bonds is 3. The fourth-order valence-corrected chi connectivity index (χ4v) is 2.72. The number of fused-ring (bicyclic) bond motifs is 1. The Morgan fingerprint density at radius 3 is 2.80 bits per heavy atom. The maximum Gasteiger partial charge on any atom is 0.293 e. The van der Waals surface area contributed by atoms with Gasteiger partial charge in [0.1, 0.15) is 22.9 Å². The minimum atomic E-state index is 0.645. The minimum Gasteiger partial charge on any atom is -0.494 e. The molecule has 2 heterocycles. The molecule has 4 nitrogen and oxygen atoms in total. The summed E-state index contributed by atoms with van der Waals surface area (Å²) in [7, 11) is 0. The first-order chi connectivity index (χ1) is 9.81. The van der Waals surface area contributed by atoms with E-state index < -0.39 is 0 Å². The maximum atomic E-state index is 9.38. The molecule has 0 aliphatic carbocycles. The molecule has 0 amide bonds. The van der Waals surface area contributed by atoms with E-state index in [1.54, 1.807) is 0 Å². The largest absolute Gasteiger partial charge is 0.494 e. The fraction of sp³-hybridized carbons (Fsp3) is 0.375. The first kappa shape index (κ1) is 12.7. The van der Waals surface area contributed by atoms with Crippen LogP contribution in [-0.2, 0) is 0 Å². The summed E-state index contributed by atoms with van der Waals surface area (Å²) < 4.78 is 5.51. The molecular weight excluding hydrogens is 250 g/mol. The van der Waals surface area contributed by atoms with Crippen molar-refractivity contribution in [2.24, 2.45) is 0 Å². The van der Waals surface area contributed by atoms with Crippen LogP contribution in [0.2, 0.25) is 0 Å². The summed E-state index contributed by atoms with van der Waals surface area (Å²) in [6, 6.07) is 10.2. The number of benzene rings is 1. The molecule has 1 aliphatic rings. The molecule has 1 aliphatic heterocycles. The Bertz CT molecular complexity index is 669. The van der Waals surface area contributed by atoms with Crippen molar-refractivity contribution in [1.29, 1.82) is 5.26 Å². The van der Waals surface area contributed by atoms with Crippen molar-refractivity contribution in [3.8, 4) is 11.8 Å². The molecule has 0 unspecified atom stereocenters. The van der Waals surface area contributed by atoms with E-state index >= 15 is 0 Å². The summed E-state index contributed by atoms with van der Waals surface area (Å²) in [5.41, 5.74) is 1.74. The average Bonchev–Trinajstić information content (AvgIpc) is 3.00. The van der Waals surface area contributed by atoms with Crippen molar-refractivity contribution in [3.63, 3.8) is 0 Å². The van der Waals surface area contributed by atoms with Crippen molar-refractivity contribution in [3.05, 3.63) is 29.8 Å². The number of nitriles is 1. The van der Waals surface area contributed by atoms with Gasteiger partial charge in [-0.15, -0.1) is 0 Å². The van der Waals surface area contributed by atoms with E-state index in [1.807, 2.05) is 31.2 Å². The van der Waals surface area contributed by atoms with Crippen LogP contribution < -0.4 is 14.6 Å². The predicted octanol–water partition coefficient (Wildman–Crippen LogP) is 2.52. The predicted molar refractivity (Wildman–Crippen MR) is 77.8 cm³/mol. The summed E-state index contributed by atoms with van der Waals surface area (Å²) in [5.74, 6) is 1.79. The lowest BCUT2D eigenvalue weighted by Gasteiger charge is -2.11. The Labute approximate surface area is 118 Å². The number of aromatic nitrogens is 1. The van der Waals surface area contributed by atoms with Crippen molar-refractivity contribution >= 4 is 16.7 Å². The van der Waals surface area contributed by atoms with Crippen LogP contribution in [0.3, 0.4) is 0 Å². The summed E-state index contributed by atoms with van der Waals surface area (Å²) >= 11 is 0. The van der Waals surface area contributed by atoms with Crippen LogP contribution in [-0.4, -0.2) is 19.7 Å². The molecule has 0 atom stereocenters. The smallest absolute Gasteiger partial charge is 0.293 e. The number of hydrogen-bond donors (Lipinski definition) is 0. The van der Waals surface area contributed by atoms with Crippen molar-refractivity contribution in [2.75, 3.05) is 24.6 Å². The molecule has 0 saturated carbocycles. The molecule has 1 aromatic heterocycles. The summed E-state index contributed by atoms with van der Waals surface area (Å²) in [6.07, 6.45) is 2.39. The Morgan fingerprint density at radius 1 is 1.30 bits per heavy atom. The number of ether oxygens (including phenoxy) is 1. The maximum absolute atomic E-state index is 9.38. The van der Waals surface area contributed by atoms with E-state index in [4.69, 9.17) is 4.74 Å². The molecule has 0 radical (unpaired) electrons. The molecular formula is C16H18N3O+. The average molecular weight is 268 g/mol. The Morgan fingerprint density at radius 2 is 2.10 bits per heavy atom. The van der Waals surface area contributed by atoms with Gasteiger partial charge in [-0.05, 0) is 44.0 Å². The van der Waals surface area contributed by atoms with Crippen LogP contribution in [0.5, 0.6) is 5.75 Å². The van der Waals surface area contributed by atoms with E-state index in [0.29, 0.717) is 12.2 Å². The van der Waals surface area contributed by atoms with E-state index in [1.165, 1.54) is 12.8 Å². The van der Waals surface area contributed by atoms with Crippen molar-refractivity contribution in [1.82, 2.24) is 0 Å². The van der Waals surface area contributed by atoms with Gasteiger partial charge in [0.2, 0.25) is 0 Å². The van der Waals surface area contributed by atoms with Gasteiger partial charge in [0.05, 0.1) is 19.7 Å². The first-order valence-electron chi connectivity index (χ1n) is 7.09. The molecule has 1 N–H and O–H groups in total. The van der Waals surface area contributed by atoms with Crippen LogP contribution in [0, 0.1) is 11.3 Å². The number of hydrogen-bond acceptors (Lipinski definition) is 3. The summed E-state index contributed by atoms with van der Waals surface area (Å²) in [5, 5.41) is 10.4. The van der Waals surface area contributed by atoms with E-state index in [9.17, 15) is 5.26 Å². The third-order valence-corrected chi connectivity index (χ3v) is 3.68. The Kier molecular flexibility index (Phi) is 3.42. The van der Waals surface area contributed by atoms with Crippen LogP contribution in [0.1, 0.15) is 25.3 Å². The number of aromatic amines is 1. The van der Waals surface area contributed by atoms with E-state index in [-0.39, 0.29) is 0 Å². The Hall–Kier alpha value is -2.28. The van der Waals surface area contributed by atoms with Gasteiger partial charge in [-0.2, -0.15) is 5.26 Å². The van der Waals surface area contributed by atoms with E-state index in [2.05, 4.69) is 16.0 Å². The van der Waals surface area contributed by atoms with Gasteiger partial charge >= 0.3 is 0 Å². The molecule has 2 aromatic rings. The molecule has 1 saturated heterocycles. The van der Waals surface area contributed by atoms with Gasteiger partial charge in [0.25, 0.3) is 5.82 Å². The first-order valence-corrected chi connectivity index (χ1v) is 7.09. The zero-order valence-corrected chi connectivity index (χ0v) is 11.6. The van der Waals surface area contributed by atoms with Crippen LogP contribution in [0.15, 0.2) is 24.3 Å². The molecule has 3 rings (SSSR count). The molecule has 0 spiro atoms. The second-order valence-electron chi connectivity index (χ2n) is 5.02. The Balaban J connectivity index is 2.08. The number of H-pyrrole nitrogens is 1. The highest BCUT2D eigenvalue weighted by Gasteiger charge is 2.24. The third kappa shape index (κ3) is 2.27. The zero-order valence-electron chi connectivity index (χ0n) is 11.6. The molecule has 20 heavy (non-hydrogen) atoms.